The Morgan fingerprint density at radius 3 is 2.68 bits per heavy atom. The predicted molar refractivity (Wildman–Crippen MR) is 111 cm³/mol. The van der Waals surface area contributed by atoms with E-state index in [1.807, 2.05) is 18.2 Å². The van der Waals surface area contributed by atoms with Gasteiger partial charge in [0.2, 0.25) is 0 Å². The molecule has 7 heteroatoms. The van der Waals surface area contributed by atoms with Gasteiger partial charge in [-0.2, -0.15) is 5.10 Å². The van der Waals surface area contributed by atoms with E-state index in [1.165, 1.54) is 12.1 Å². The van der Waals surface area contributed by atoms with Gasteiger partial charge in [-0.15, -0.1) is 0 Å². The molecular formula is C21H14BrClFN3O. The summed E-state index contributed by atoms with van der Waals surface area (Å²) in [6.07, 6.45) is 1.64. The van der Waals surface area contributed by atoms with E-state index >= 15 is 0 Å². The molecule has 0 radical (unpaired) electrons. The Labute approximate surface area is 174 Å². The number of rotatable bonds is 4. The number of benzene rings is 3. The minimum absolute atomic E-state index is 0.219. The van der Waals surface area contributed by atoms with Crippen LogP contribution in [0.2, 0.25) is 5.02 Å². The van der Waals surface area contributed by atoms with Gasteiger partial charge in [-0.1, -0.05) is 39.7 Å². The molecular weight excluding hydrogens is 445 g/mol. The molecule has 0 fully saturated rings. The molecule has 0 atom stereocenters. The topological polar surface area (TPSA) is 46.9 Å². The lowest BCUT2D eigenvalue weighted by Gasteiger charge is -2.09. The van der Waals surface area contributed by atoms with Crippen LogP contribution in [-0.2, 0) is 6.54 Å². The molecule has 140 valence electrons. The molecule has 28 heavy (non-hydrogen) atoms. The van der Waals surface area contributed by atoms with Crippen molar-refractivity contribution in [2.45, 2.75) is 6.54 Å². The molecule has 4 aromatic rings. The summed E-state index contributed by atoms with van der Waals surface area (Å²) < 4.78 is 15.8. The molecule has 4 rings (SSSR count). The van der Waals surface area contributed by atoms with E-state index in [2.05, 4.69) is 26.3 Å². The van der Waals surface area contributed by atoms with Crippen molar-refractivity contribution in [3.8, 4) is 5.69 Å². The number of nitrogens with zero attached hydrogens (tertiary/aromatic N) is 2. The Balaban J connectivity index is 1.62. The molecule has 0 spiro atoms. The van der Waals surface area contributed by atoms with Gasteiger partial charge in [0.25, 0.3) is 5.91 Å². The molecule has 0 saturated carbocycles. The van der Waals surface area contributed by atoms with E-state index < -0.39 is 0 Å². The van der Waals surface area contributed by atoms with E-state index in [0.29, 0.717) is 22.5 Å². The van der Waals surface area contributed by atoms with Crippen LogP contribution in [0.25, 0.3) is 16.6 Å². The summed E-state index contributed by atoms with van der Waals surface area (Å²) >= 11 is 9.58. The Morgan fingerprint density at radius 1 is 1.14 bits per heavy atom. The van der Waals surface area contributed by atoms with Crippen molar-refractivity contribution in [3.05, 3.63) is 93.3 Å². The first-order chi connectivity index (χ1) is 13.5. The zero-order valence-electron chi connectivity index (χ0n) is 14.5. The molecule has 0 aliphatic heterocycles. The number of nitrogens with one attached hydrogen (secondary N) is 1. The second-order valence-electron chi connectivity index (χ2n) is 6.19. The minimum atomic E-state index is -0.313. The summed E-state index contributed by atoms with van der Waals surface area (Å²) in [4.78, 5) is 12.8. The Kier molecular flexibility index (Phi) is 5.15. The van der Waals surface area contributed by atoms with E-state index in [0.717, 1.165) is 21.2 Å². The molecule has 1 aromatic heterocycles. The van der Waals surface area contributed by atoms with Gasteiger partial charge in [0.05, 0.1) is 23.0 Å². The summed E-state index contributed by atoms with van der Waals surface area (Å²) in [5.41, 5.74) is 2.82. The molecule has 4 nitrogen and oxygen atoms in total. The third-order valence-electron chi connectivity index (χ3n) is 4.38. The smallest absolute Gasteiger partial charge is 0.252 e. The third-order valence-corrected chi connectivity index (χ3v) is 5.23. The molecule has 0 unspecified atom stereocenters. The van der Waals surface area contributed by atoms with Crippen molar-refractivity contribution >= 4 is 44.3 Å². The minimum Gasteiger partial charge on any atom is -0.348 e. The molecule has 0 aliphatic rings. The highest BCUT2D eigenvalue weighted by Crippen LogP contribution is 2.23. The van der Waals surface area contributed by atoms with Crippen LogP contribution in [0.5, 0.6) is 0 Å². The van der Waals surface area contributed by atoms with Crippen LogP contribution in [0.1, 0.15) is 15.9 Å². The van der Waals surface area contributed by atoms with Crippen LogP contribution in [0.15, 0.2) is 71.3 Å². The Morgan fingerprint density at radius 2 is 1.93 bits per heavy atom. The maximum absolute atomic E-state index is 13.2. The van der Waals surface area contributed by atoms with Gasteiger partial charge >= 0.3 is 0 Å². The average Bonchev–Trinajstić information content (AvgIpc) is 3.12. The quantitative estimate of drug-likeness (QED) is 0.438. The maximum Gasteiger partial charge on any atom is 0.252 e. The SMILES string of the molecule is O=C(NCc1ccc(Br)cc1Cl)c1cccc2c1cnn2-c1ccc(F)cc1. The van der Waals surface area contributed by atoms with Crippen LogP contribution in [0.3, 0.4) is 0 Å². The molecule has 0 bridgehead atoms. The van der Waals surface area contributed by atoms with Gasteiger partial charge in [0.1, 0.15) is 5.82 Å². The Bertz CT molecular complexity index is 1170. The van der Waals surface area contributed by atoms with Gasteiger partial charge in [0.15, 0.2) is 0 Å². The lowest BCUT2D eigenvalue weighted by Crippen LogP contribution is -2.23. The number of halogens is 3. The first kappa shape index (κ1) is 18.7. The first-order valence-electron chi connectivity index (χ1n) is 8.48. The van der Waals surface area contributed by atoms with Crippen molar-refractivity contribution in [1.29, 1.82) is 0 Å². The highest BCUT2D eigenvalue weighted by atomic mass is 79.9. The summed E-state index contributed by atoms with van der Waals surface area (Å²) in [6.45, 7) is 0.313. The van der Waals surface area contributed by atoms with Gasteiger partial charge in [-0.3, -0.25) is 4.79 Å². The highest BCUT2D eigenvalue weighted by molar-refractivity contribution is 9.10. The van der Waals surface area contributed by atoms with E-state index in [9.17, 15) is 9.18 Å². The molecule has 1 amide bonds. The second kappa shape index (κ2) is 7.73. The fourth-order valence-electron chi connectivity index (χ4n) is 2.97. The number of hydrogen-bond donors (Lipinski definition) is 1. The lowest BCUT2D eigenvalue weighted by molar-refractivity contribution is 0.0952. The van der Waals surface area contributed by atoms with Crippen LogP contribution < -0.4 is 5.32 Å². The van der Waals surface area contributed by atoms with Gasteiger partial charge in [0, 0.05) is 21.4 Å². The number of hydrogen-bond acceptors (Lipinski definition) is 2. The fraction of sp³-hybridized carbons (Fsp3) is 0.0476. The maximum atomic E-state index is 13.2. The molecule has 3 aromatic carbocycles. The summed E-state index contributed by atoms with van der Waals surface area (Å²) in [6, 6.07) is 17.0. The van der Waals surface area contributed by atoms with Crippen LogP contribution in [0, 0.1) is 5.82 Å². The van der Waals surface area contributed by atoms with Gasteiger partial charge in [-0.05, 0) is 54.1 Å². The lowest BCUT2D eigenvalue weighted by atomic mass is 10.1. The molecule has 1 heterocycles. The van der Waals surface area contributed by atoms with Crippen molar-refractivity contribution in [2.24, 2.45) is 0 Å². The second-order valence-corrected chi connectivity index (χ2v) is 7.51. The highest BCUT2D eigenvalue weighted by Gasteiger charge is 2.14. The predicted octanol–water partition coefficient (Wildman–Crippen LogP) is 5.51. The van der Waals surface area contributed by atoms with E-state index in [4.69, 9.17) is 11.6 Å². The largest absolute Gasteiger partial charge is 0.348 e. The summed E-state index contributed by atoms with van der Waals surface area (Å²) in [7, 11) is 0. The van der Waals surface area contributed by atoms with E-state index in [1.54, 1.807) is 41.2 Å². The normalized spacial score (nSPS) is 11.0. The third kappa shape index (κ3) is 3.66. The summed E-state index contributed by atoms with van der Waals surface area (Å²) in [5, 5.41) is 8.56. The number of carbonyl (C=O) groups excluding carboxylic acids is 1. The van der Waals surface area contributed by atoms with Crippen LogP contribution >= 0.6 is 27.5 Å². The van der Waals surface area contributed by atoms with Crippen molar-refractivity contribution in [1.82, 2.24) is 15.1 Å². The monoisotopic (exact) mass is 457 g/mol. The van der Waals surface area contributed by atoms with Crippen molar-refractivity contribution < 1.29 is 9.18 Å². The standard InChI is InChI=1S/C21H14BrClFN3O/c22-14-5-4-13(19(23)10-14)11-25-21(28)17-2-1-3-20-18(17)12-26-27(20)16-8-6-15(24)7-9-16/h1-10,12H,11H2,(H,25,28). The molecule has 1 N–H and O–H groups in total. The molecule has 0 saturated heterocycles. The van der Waals surface area contributed by atoms with Crippen LogP contribution in [0.4, 0.5) is 4.39 Å². The number of fused-ring (bicyclic) bond motifs is 1. The van der Waals surface area contributed by atoms with Gasteiger partial charge in [-0.25, -0.2) is 9.07 Å². The average molecular weight is 459 g/mol. The first-order valence-corrected chi connectivity index (χ1v) is 9.65. The summed E-state index contributed by atoms with van der Waals surface area (Å²) in [5.74, 6) is -0.532. The zero-order chi connectivity index (χ0) is 19.7. The van der Waals surface area contributed by atoms with Crippen LogP contribution in [-0.4, -0.2) is 15.7 Å². The fourth-order valence-corrected chi connectivity index (χ4v) is 3.71. The molecule has 0 aliphatic carbocycles. The van der Waals surface area contributed by atoms with E-state index in [-0.39, 0.29) is 11.7 Å². The van der Waals surface area contributed by atoms with Gasteiger partial charge < -0.3 is 5.32 Å². The number of carbonyl (C=O) groups is 1. The Hall–Kier alpha value is -2.70. The van der Waals surface area contributed by atoms with Crippen molar-refractivity contribution in [3.63, 3.8) is 0 Å². The number of amides is 1. The number of aromatic nitrogens is 2. The van der Waals surface area contributed by atoms with Crippen molar-refractivity contribution in [2.75, 3.05) is 0 Å². The zero-order valence-corrected chi connectivity index (χ0v) is 16.8.